The number of ether oxygens (including phenoxy) is 1. The molecule has 0 aliphatic rings. The summed E-state index contributed by atoms with van der Waals surface area (Å²) in [5.41, 5.74) is 0.500. The zero-order chi connectivity index (χ0) is 25.1. The molecule has 0 fully saturated rings. The molecular formula is C20H51NO4S3. The summed E-state index contributed by atoms with van der Waals surface area (Å²) >= 11 is 6.29. The molecule has 0 aromatic rings. The average Bonchev–Trinajstić information content (AvgIpc) is 2.21. The number of thioether (sulfide) groups is 1. The SMILES string of the molecule is CC(C)(C)C.CC(C)=O.CC(C)=S.CN(C)C.COC.CS(C)(=O)=O.CSC. The molecule has 8 heteroatoms. The third kappa shape index (κ3) is 40500000. The van der Waals surface area contributed by atoms with Gasteiger partial charge in [-0.25, -0.2) is 8.42 Å². The quantitative estimate of drug-likeness (QED) is 0.460. The van der Waals surface area contributed by atoms with Gasteiger partial charge in [0.25, 0.3) is 0 Å². The molecular weight excluding hydrogens is 414 g/mol. The molecule has 0 unspecified atom stereocenters. The van der Waals surface area contributed by atoms with Crippen molar-refractivity contribution in [2.75, 3.05) is 60.4 Å². The van der Waals surface area contributed by atoms with Crippen LogP contribution < -0.4 is 0 Å². The number of hydrogen-bond acceptors (Lipinski definition) is 7. The highest BCUT2D eigenvalue weighted by atomic mass is 32.2. The van der Waals surface area contributed by atoms with Crippen molar-refractivity contribution in [3.8, 4) is 0 Å². The van der Waals surface area contributed by atoms with Gasteiger partial charge in [0, 0.05) is 26.7 Å². The molecule has 178 valence electrons. The van der Waals surface area contributed by atoms with Crippen molar-refractivity contribution < 1.29 is 17.9 Å². The van der Waals surface area contributed by atoms with Gasteiger partial charge in [0.1, 0.15) is 15.6 Å². The fourth-order valence-corrected chi connectivity index (χ4v) is 0. The maximum absolute atomic E-state index is 9.63. The van der Waals surface area contributed by atoms with Gasteiger partial charge in [-0.15, -0.1) is 0 Å². The number of nitrogens with zero attached hydrogens (tertiary/aromatic N) is 1. The van der Waals surface area contributed by atoms with Crippen LogP contribution in [0.1, 0.15) is 55.4 Å². The van der Waals surface area contributed by atoms with Gasteiger partial charge in [0.05, 0.1) is 0 Å². The number of ketones is 1. The van der Waals surface area contributed by atoms with Crippen LogP contribution in [0.2, 0.25) is 0 Å². The molecule has 0 amide bonds. The highest BCUT2D eigenvalue weighted by Gasteiger charge is 1.95. The van der Waals surface area contributed by atoms with Gasteiger partial charge in [-0.3, -0.25) is 0 Å². The van der Waals surface area contributed by atoms with Crippen LogP contribution >= 0.6 is 24.0 Å². The molecule has 0 aliphatic heterocycles. The third-order valence-corrected chi connectivity index (χ3v) is 0. The smallest absolute Gasteiger partial charge is 0.144 e. The number of methoxy groups -OCH3 is 1. The van der Waals surface area contributed by atoms with Crippen molar-refractivity contribution in [3.63, 3.8) is 0 Å². The van der Waals surface area contributed by atoms with Crippen molar-refractivity contribution >= 4 is 44.5 Å². The first-order valence-corrected chi connectivity index (χ1v) is 12.9. The Morgan fingerprint density at radius 3 is 0.893 bits per heavy atom. The molecule has 28 heavy (non-hydrogen) atoms. The lowest BCUT2D eigenvalue weighted by Crippen LogP contribution is -1.99. The van der Waals surface area contributed by atoms with Crippen LogP contribution in [0.5, 0.6) is 0 Å². The number of thiocarbonyl (C=S) groups is 1. The van der Waals surface area contributed by atoms with E-state index in [1.165, 1.54) is 13.8 Å². The van der Waals surface area contributed by atoms with Crippen molar-refractivity contribution in [2.24, 2.45) is 5.41 Å². The summed E-state index contributed by atoms with van der Waals surface area (Å²) in [6.45, 7) is 15.6. The van der Waals surface area contributed by atoms with Crippen molar-refractivity contribution in [2.45, 2.75) is 55.4 Å². The summed E-state index contributed by atoms with van der Waals surface area (Å²) in [7, 11) is 6.58. The zero-order valence-corrected chi connectivity index (χ0v) is 24.3. The Hall–Kier alpha value is -0.0200. The number of carbonyl (C=O) groups is 1. The summed E-state index contributed by atoms with van der Waals surface area (Å²) in [5.74, 6) is 0.167. The van der Waals surface area contributed by atoms with Crippen LogP contribution in [0, 0.1) is 5.41 Å². The van der Waals surface area contributed by atoms with E-state index in [1.54, 1.807) is 26.0 Å². The highest BCUT2D eigenvalue weighted by Crippen LogP contribution is 2.08. The predicted molar refractivity (Wildman–Crippen MR) is 138 cm³/mol. The molecule has 0 radical (unpaired) electrons. The van der Waals surface area contributed by atoms with E-state index in [9.17, 15) is 13.2 Å². The summed E-state index contributed by atoms with van der Waals surface area (Å²) in [6, 6.07) is 0. The van der Waals surface area contributed by atoms with Crippen LogP contribution in [0.25, 0.3) is 0 Å². The Bertz CT molecular complexity index is 350. The molecule has 0 atom stereocenters. The minimum absolute atomic E-state index is 0.167. The number of carbonyl (C=O) groups excluding carboxylic acids is 1. The minimum atomic E-state index is -2.67. The van der Waals surface area contributed by atoms with Crippen molar-refractivity contribution in [3.05, 3.63) is 0 Å². The fourth-order valence-electron chi connectivity index (χ4n) is 0. The second kappa shape index (κ2) is 34.5. The van der Waals surface area contributed by atoms with Crippen LogP contribution in [-0.2, 0) is 19.4 Å². The van der Waals surface area contributed by atoms with Crippen molar-refractivity contribution in [1.82, 2.24) is 4.90 Å². The van der Waals surface area contributed by atoms with E-state index in [1.807, 2.05) is 52.4 Å². The number of rotatable bonds is 0. The lowest BCUT2D eigenvalue weighted by atomic mass is 10.0. The molecule has 0 spiro atoms. The van der Waals surface area contributed by atoms with Gasteiger partial charge in [-0.05, 0) is 71.6 Å². The second-order valence-electron chi connectivity index (χ2n) is 8.12. The topological polar surface area (TPSA) is 63.7 Å². The molecule has 0 aliphatic carbocycles. The van der Waals surface area contributed by atoms with E-state index >= 15 is 0 Å². The first-order chi connectivity index (χ1) is 12.0. The van der Waals surface area contributed by atoms with Gasteiger partial charge in [0.15, 0.2) is 0 Å². The molecule has 0 aromatic carbocycles. The molecule has 0 N–H and O–H groups in total. The zero-order valence-electron chi connectivity index (χ0n) is 21.8. The summed E-state index contributed by atoms with van der Waals surface area (Å²) in [5, 5.41) is 0. The third-order valence-electron chi connectivity index (χ3n) is 0. The van der Waals surface area contributed by atoms with Gasteiger partial charge in [-0.2, -0.15) is 11.8 Å². The molecule has 0 bridgehead atoms. The van der Waals surface area contributed by atoms with E-state index in [4.69, 9.17) is 0 Å². The Kier molecular flexibility index (Phi) is 57.0. The van der Waals surface area contributed by atoms with E-state index < -0.39 is 9.84 Å². The molecule has 0 saturated carbocycles. The molecule has 0 rings (SSSR count). The molecule has 5 nitrogen and oxygen atoms in total. The van der Waals surface area contributed by atoms with Gasteiger partial charge < -0.3 is 14.4 Å². The number of hydrogen-bond donors (Lipinski definition) is 0. The van der Waals surface area contributed by atoms with Crippen LogP contribution in [0.15, 0.2) is 0 Å². The lowest BCUT2D eigenvalue weighted by Gasteiger charge is -2.05. The predicted octanol–water partition coefficient (Wildman–Crippen LogP) is 5.12. The number of sulfone groups is 1. The van der Waals surface area contributed by atoms with Gasteiger partial charge in [-0.1, -0.05) is 39.9 Å². The average molecular weight is 466 g/mol. The van der Waals surface area contributed by atoms with E-state index in [0.717, 1.165) is 17.4 Å². The first-order valence-electron chi connectivity index (χ1n) is 8.53. The summed E-state index contributed by atoms with van der Waals surface area (Å²) in [4.78, 5) is 12.4. The van der Waals surface area contributed by atoms with Gasteiger partial charge in [0.2, 0.25) is 0 Å². The van der Waals surface area contributed by atoms with Crippen LogP contribution in [-0.4, -0.2) is 84.4 Å². The second-order valence-corrected chi connectivity index (χ2v) is 12.0. The lowest BCUT2D eigenvalue weighted by molar-refractivity contribution is -0.115. The Labute approximate surface area is 188 Å². The highest BCUT2D eigenvalue weighted by molar-refractivity contribution is 7.97. The van der Waals surface area contributed by atoms with E-state index in [-0.39, 0.29) is 5.78 Å². The van der Waals surface area contributed by atoms with E-state index in [0.29, 0.717) is 5.41 Å². The number of Topliss-reactive ketones (excluding diaryl/α,β-unsaturated/α-hetero) is 1. The molecule has 0 aromatic heterocycles. The Balaban J connectivity index is -0.0000000371. The largest absolute Gasteiger partial charge is 0.388 e. The summed E-state index contributed by atoms with van der Waals surface area (Å²) < 4.78 is 23.5. The maximum atomic E-state index is 9.63. The maximum Gasteiger partial charge on any atom is 0.144 e. The standard InChI is InChI=1S/C5H12.C3H9N.C3H6O.C3H6S.C2H6O2S.C2H6O.C2H6S/c1-5(2,3)4;1-4(2)3;2*1-3(2)4;1-5(2,3)4;2*1-3-2/h1-4H3;1-3H3;2*1-2H3;1-2H3;2*1-2H3. The van der Waals surface area contributed by atoms with Crippen LogP contribution in [0.3, 0.4) is 0 Å². The first kappa shape index (κ1) is 46.3. The fraction of sp³-hybridized carbons (Fsp3) is 0.900. The monoisotopic (exact) mass is 465 g/mol. The van der Waals surface area contributed by atoms with Crippen LogP contribution in [0.4, 0.5) is 0 Å². The normalized spacial score (nSPS) is 8.64. The van der Waals surface area contributed by atoms with Gasteiger partial charge >= 0.3 is 0 Å². The summed E-state index contributed by atoms with van der Waals surface area (Å²) in [6.07, 6.45) is 6.40. The Morgan fingerprint density at radius 2 is 0.893 bits per heavy atom. The minimum Gasteiger partial charge on any atom is -0.388 e. The van der Waals surface area contributed by atoms with Crippen molar-refractivity contribution in [1.29, 1.82) is 0 Å². The molecule has 0 saturated heterocycles. The Morgan fingerprint density at radius 1 is 0.893 bits per heavy atom. The molecule has 0 heterocycles. The van der Waals surface area contributed by atoms with E-state index in [2.05, 4.69) is 44.6 Å².